The van der Waals surface area contributed by atoms with Crippen molar-refractivity contribution >= 4 is 30.4 Å². The molecular formula is C30H44Cl2Hf2N2Si2-6. The van der Waals surface area contributed by atoms with Crippen LogP contribution in [0, 0.1) is 39.8 Å². The maximum absolute atomic E-state index is 7.44. The average molecular weight is 917 g/mol. The molecule has 2 radical (unpaired) electrons. The third-order valence-corrected chi connectivity index (χ3v) is 4.13. The Bertz CT molecular complexity index is 770. The van der Waals surface area contributed by atoms with Gasteiger partial charge in [0.05, 0.1) is 0 Å². The van der Waals surface area contributed by atoms with Crippen LogP contribution in [-0.4, -0.2) is 19.0 Å². The summed E-state index contributed by atoms with van der Waals surface area (Å²) in [6.45, 7) is 16.6. The standard InChI is InChI=1S/2C8H10N.2C5H5.2C2H7Si.2ClH.2Hf/c2*1-6-4-3-5-7(2)8(6)9;2*1-2-4-5-3-1;2*1-3-2;;;;/h2*3-5,9H,1-2H3;2*1-3H,4H2;2*3H,1-2H3;2*1H;;/q4*-1;;;;;;/p-2. The molecule has 4 rings (SSSR count). The van der Waals surface area contributed by atoms with Gasteiger partial charge in [0.25, 0.3) is 0 Å². The first-order valence-corrected chi connectivity index (χ1v) is 16.4. The largest absolute Gasteiger partial charge is 1.00 e. The molecule has 0 bridgehead atoms. The fourth-order valence-corrected chi connectivity index (χ4v) is 2.31. The minimum atomic E-state index is 0. The first kappa shape index (κ1) is 50.6. The topological polar surface area (TPSA) is 47.6 Å². The van der Waals surface area contributed by atoms with E-state index >= 15 is 0 Å². The molecule has 210 valence electrons. The molecule has 2 aliphatic rings. The summed E-state index contributed by atoms with van der Waals surface area (Å²) in [4.78, 5) is 0. The van der Waals surface area contributed by atoms with E-state index in [1.54, 1.807) is 0 Å². The number of halogens is 2. The van der Waals surface area contributed by atoms with Gasteiger partial charge in [-0.3, -0.25) is 12.2 Å². The Hall–Kier alpha value is -0.246. The van der Waals surface area contributed by atoms with Crippen LogP contribution in [0.5, 0.6) is 0 Å². The Labute approximate surface area is 289 Å². The van der Waals surface area contributed by atoms with Crippen LogP contribution in [0.25, 0.3) is 11.5 Å². The summed E-state index contributed by atoms with van der Waals surface area (Å²) in [6, 6.07) is 11.8. The van der Waals surface area contributed by atoms with Gasteiger partial charge in [0.1, 0.15) is 0 Å². The van der Waals surface area contributed by atoms with Crippen molar-refractivity contribution in [3.8, 4) is 0 Å². The molecule has 2 N–H and O–H groups in total. The molecular weight excluding hydrogens is 872 g/mol. The Balaban J connectivity index is -0.0000000830. The second kappa shape index (κ2) is 36.8. The fraction of sp³-hybridized carbons (Fsp3) is 0.333. The molecule has 0 heterocycles. The van der Waals surface area contributed by atoms with E-state index in [1.165, 1.54) is 0 Å². The molecule has 2 nitrogen and oxygen atoms in total. The molecule has 0 aromatic heterocycles. The summed E-state index contributed by atoms with van der Waals surface area (Å²) in [5.74, 6) is 0. The number of rotatable bonds is 0. The van der Waals surface area contributed by atoms with Gasteiger partial charge in [-0.05, 0) is 27.7 Å². The molecule has 0 unspecified atom stereocenters. The van der Waals surface area contributed by atoms with Crippen LogP contribution in [0.1, 0.15) is 35.1 Å². The maximum Gasteiger partial charge on any atom is 0.0213 e. The minimum absolute atomic E-state index is 0. The quantitative estimate of drug-likeness (QED) is 0.287. The van der Waals surface area contributed by atoms with Crippen LogP contribution < -0.4 is 24.8 Å². The summed E-state index contributed by atoms with van der Waals surface area (Å²) in [5.41, 5.74) is 20.4. The molecule has 2 aromatic rings. The molecule has 0 aliphatic heterocycles. The summed E-state index contributed by atoms with van der Waals surface area (Å²) < 4.78 is 0. The number of aryl methyl sites for hydroxylation is 4. The second-order valence-corrected chi connectivity index (χ2v) is 10.0. The minimum Gasteiger partial charge on any atom is -1.00 e. The van der Waals surface area contributed by atoms with Crippen molar-refractivity contribution in [2.45, 2.75) is 66.7 Å². The van der Waals surface area contributed by atoms with E-state index in [0.29, 0.717) is 11.4 Å². The van der Waals surface area contributed by atoms with Crippen molar-refractivity contribution in [1.82, 2.24) is 0 Å². The number of nitrogens with one attached hydrogen (secondary N) is 2. The van der Waals surface area contributed by atoms with E-state index in [2.05, 4.69) is 50.5 Å². The van der Waals surface area contributed by atoms with Gasteiger partial charge in [-0.15, -0.1) is 24.2 Å². The third-order valence-electron chi connectivity index (χ3n) is 4.13. The van der Waals surface area contributed by atoms with E-state index in [1.807, 2.05) is 88.4 Å². The molecule has 2 aromatic carbocycles. The van der Waals surface area contributed by atoms with E-state index in [9.17, 15) is 0 Å². The number of allylic oxidation sites excluding steroid dienone is 8. The average Bonchev–Trinajstić information content (AvgIpc) is 3.57. The number of hydrogen-bond donors (Lipinski definition) is 0. The van der Waals surface area contributed by atoms with Crippen LogP contribution in [0.3, 0.4) is 0 Å². The molecule has 0 fully saturated rings. The van der Waals surface area contributed by atoms with E-state index in [4.69, 9.17) is 11.5 Å². The maximum atomic E-state index is 7.44. The summed E-state index contributed by atoms with van der Waals surface area (Å²) in [7, 11) is 1.50. The van der Waals surface area contributed by atoms with Crippen molar-refractivity contribution in [2.24, 2.45) is 0 Å². The van der Waals surface area contributed by atoms with Crippen LogP contribution in [0.4, 0.5) is 11.4 Å². The number of benzene rings is 2. The van der Waals surface area contributed by atoms with E-state index in [0.717, 1.165) is 54.1 Å². The Morgan fingerprint density at radius 2 is 0.816 bits per heavy atom. The number of hydrogen-bond acceptors (Lipinski definition) is 0. The molecule has 2 aliphatic carbocycles. The zero-order valence-corrected chi connectivity index (χ0v) is 35.3. The van der Waals surface area contributed by atoms with Crippen molar-refractivity contribution in [1.29, 1.82) is 0 Å². The molecule has 0 saturated heterocycles. The summed E-state index contributed by atoms with van der Waals surface area (Å²) in [5, 5.41) is 0. The van der Waals surface area contributed by atoms with Crippen molar-refractivity contribution in [3.63, 3.8) is 0 Å². The second-order valence-electron chi connectivity index (χ2n) is 7.69. The molecule has 38 heavy (non-hydrogen) atoms. The van der Waals surface area contributed by atoms with Gasteiger partial charge >= 0.3 is 0 Å². The molecule has 0 spiro atoms. The van der Waals surface area contributed by atoms with E-state index < -0.39 is 0 Å². The normalized spacial score (nSPS) is 10.1. The summed E-state index contributed by atoms with van der Waals surface area (Å²) in [6.07, 6.45) is 20.0. The molecule has 0 amide bonds. The van der Waals surface area contributed by atoms with E-state index in [-0.39, 0.29) is 76.5 Å². The van der Waals surface area contributed by atoms with Crippen molar-refractivity contribution in [2.75, 3.05) is 0 Å². The monoisotopic (exact) mass is 918 g/mol. The fourth-order valence-electron chi connectivity index (χ4n) is 2.31. The van der Waals surface area contributed by atoms with Gasteiger partial charge < -0.3 is 36.3 Å². The Morgan fingerprint density at radius 3 is 0.921 bits per heavy atom. The third kappa shape index (κ3) is 30.3. The predicted octanol–water partition coefficient (Wildman–Crippen LogP) is 3.63. The predicted molar refractivity (Wildman–Crippen MR) is 161 cm³/mol. The summed E-state index contributed by atoms with van der Waals surface area (Å²) >= 11 is 0. The Kier molecular flexibility index (Phi) is 48.9. The van der Waals surface area contributed by atoms with Gasteiger partial charge in [0.2, 0.25) is 0 Å². The van der Waals surface area contributed by atoms with Gasteiger partial charge in [0, 0.05) is 70.7 Å². The van der Waals surface area contributed by atoms with Crippen LogP contribution in [0.15, 0.2) is 72.9 Å². The molecule has 0 saturated carbocycles. The SMILES string of the molecule is C[SiH]C.C[SiH]C.Cc1cccc(C)c1[NH-].Cc1cccc(C)c1[NH-].[C-]1=CC=CC1.[C-]1=CC=CC1.[Cl-].[Cl-].[Hf].[Hf]. The molecule has 0 atom stereocenters. The van der Waals surface area contributed by atoms with Crippen molar-refractivity contribution in [3.05, 3.63) is 119 Å². The van der Waals surface area contributed by atoms with Crippen LogP contribution >= 0.6 is 0 Å². The Morgan fingerprint density at radius 1 is 0.579 bits per heavy atom. The zero-order valence-electron chi connectivity index (χ0n) is 24.3. The first-order valence-electron chi connectivity index (χ1n) is 11.7. The van der Waals surface area contributed by atoms with Crippen LogP contribution in [0.2, 0.25) is 26.2 Å². The van der Waals surface area contributed by atoms with Gasteiger partial charge in [-0.25, -0.2) is 24.3 Å². The van der Waals surface area contributed by atoms with Gasteiger partial charge in [-0.2, -0.15) is 12.2 Å². The first-order chi connectivity index (χ1) is 16.3. The van der Waals surface area contributed by atoms with Crippen molar-refractivity contribution < 1.29 is 76.5 Å². The van der Waals surface area contributed by atoms with Gasteiger partial charge in [0.15, 0.2) is 0 Å². The zero-order chi connectivity index (χ0) is 26.2. The smallest absolute Gasteiger partial charge is 0.0213 e. The van der Waals surface area contributed by atoms with Crippen LogP contribution in [-0.2, 0) is 51.7 Å². The molecule has 8 heteroatoms. The van der Waals surface area contributed by atoms with Gasteiger partial charge in [-0.1, -0.05) is 84.8 Å².